The molecule has 96 valence electrons. The topological polar surface area (TPSA) is 20.2 Å². The van der Waals surface area contributed by atoms with Gasteiger partial charge in [-0.3, -0.25) is 0 Å². The van der Waals surface area contributed by atoms with E-state index in [0.29, 0.717) is 6.07 Å². The normalized spacial score (nSPS) is 12.9. The first-order chi connectivity index (χ1) is 7.59. The Labute approximate surface area is 92.7 Å². The molecule has 0 aromatic heterocycles. The lowest BCUT2D eigenvalue weighted by molar-refractivity contribution is -0.145. The minimum atomic E-state index is -4.93. The number of hydrogen-bond donors (Lipinski definition) is 1. The molecule has 1 aromatic rings. The highest BCUT2D eigenvalue weighted by atomic mass is 19.4. The largest absolute Gasteiger partial charge is 0.417 e. The van der Waals surface area contributed by atoms with E-state index in [1.807, 2.05) is 0 Å². The summed E-state index contributed by atoms with van der Waals surface area (Å²) in [6, 6.07) is 1.28. The molecule has 17 heavy (non-hydrogen) atoms. The zero-order chi connectivity index (χ0) is 13.4. The molecule has 1 rings (SSSR count). The van der Waals surface area contributed by atoms with Crippen LogP contribution < -0.4 is 0 Å². The van der Waals surface area contributed by atoms with E-state index in [-0.39, 0.29) is 5.56 Å². The summed E-state index contributed by atoms with van der Waals surface area (Å²) in [5, 5.41) is 8.75. The molecule has 0 aliphatic rings. The summed E-state index contributed by atoms with van der Waals surface area (Å²) < 4.78 is 75.1. The van der Waals surface area contributed by atoms with E-state index < -0.39 is 35.6 Å². The molecule has 0 bridgehead atoms. The van der Waals surface area contributed by atoms with E-state index in [1.165, 1.54) is 0 Å². The smallest absolute Gasteiger partial charge is 0.392 e. The third-order valence-corrected chi connectivity index (χ3v) is 2.27. The van der Waals surface area contributed by atoms with Crippen molar-refractivity contribution in [2.24, 2.45) is 0 Å². The predicted octanol–water partition coefficient (Wildman–Crippen LogP) is 3.52. The summed E-state index contributed by atoms with van der Waals surface area (Å²) in [5.74, 6) is 0. The Morgan fingerprint density at radius 1 is 1.00 bits per heavy atom. The van der Waals surface area contributed by atoms with Crippen LogP contribution in [0.2, 0.25) is 0 Å². The number of hydrogen-bond acceptors (Lipinski definition) is 1. The highest BCUT2D eigenvalue weighted by Gasteiger charge is 2.41. The Morgan fingerprint density at radius 2 is 1.53 bits per heavy atom. The number of aryl methyl sites for hydroxylation is 1. The maximum Gasteiger partial charge on any atom is 0.417 e. The van der Waals surface area contributed by atoms with Crippen molar-refractivity contribution < 1.29 is 31.4 Å². The van der Waals surface area contributed by atoms with Crippen molar-refractivity contribution in [2.75, 3.05) is 0 Å². The lowest BCUT2D eigenvalue weighted by atomic mass is 9.96. The van der Waals surface area contributed by atoms with Crippen LogP contribution in [0.1, 0.15) is 22.3 Å². The Balaban J connectivity index is 3.60. The monoisotopic (exact) mass is 258 g/mol. The number of halogens is 6. The summed E-state index contributed by atoms with van der Waals surface area (Å²) in [6.45, 7) is -0.270. The number of rotatable bonds is 1. The summed E-state index contributed by atoms with van der Waals surface area (Å²) >= 11 is 0. The first kappa shape index (κ1) is 13.8. The van der Waals surface area contributed by atoms with E-state index in [4.69, 9.17) is 5.11 Å². The maximum atomic E-state index is 12.6. The van der Waals surface area contributed by atoms with Gasteiger partial charge in [0, 0.05) is 5.56 Å². The second-order valence-corrected chi connectivity index (χ2v) is 3.44. The van der Waals surface area contributed by atoms with Crippen LogP contribution in [-0.2, 0) is 19.0 Å². The van der Waals surface area contributed by atoms with Gasteiger partial charge >= 0.3 is 12.4 Å². The van der Waals surface area contributed by atoms with E-state index in [1.54, 1.807) is 0 Å². The Kier molecular flexibility index (Phi) is 3.42. The highest BCUT2D eigenvalue weighted by Crippen LogP contribution is 2.40. The molecule has 0 amide bonds. The summed E-state index contributed by atoms with van der Waals surface area (Å²) in [7, 11) is 0. The fourth-order valence-corrected chi connectivity index (χ4v) is 1.59. The van der Waals surface area contributed by atoms with E-state index in [2.05, 4.69) is 0 Å². The van der Waals surface area contributed by atoms with Crippen LogP contribution >= 0.6 is 0 Å². The van der Waals surface area contributed by atoms with Gasteiger partial charge in [0.25, 0.3) is 0 Å². The first-order valence-corrected chi connectivity index (χ1v) is 4.46. The van der Waals surface area contributed by atoms with Crippen LogP contribution in [0.15, 0.2) is 12.1 Å². The van der Waals surface area contributed by atoms with Crippen LogP contribution in [0.25, 0.3) is 0 Å². The van der Waals surface area contributed by atoms with Gasteiger partial charge in [-0.25, -0.2) is 0 Å². The van der Waals surface area contributed by atoms with Gasteiger partial charge in [0.1, 0.15) is 0 Å². The molecule has 0 atom stereocenters. The molecule has 1 nitrogen and oxygen atoms in total. The average Bonchev–Trinajstić information content (AvgIpc) is 2.12. The van der Waals surface area contributed by atoms with E-state index in [0.717, 1.165) is 13.0 Å². The van der Waals surface area contributed by atoms with Crippen LogP contribution in [0.3, 0.4) is 0 Å². The molecule has 0 aliphatic heterocycles. The van der Waals surface area contributed by atoms with Crippen molar-refractivity contribution >= 4 is 0 Å². The van der Waals surface area contributed by atoms with Gasteiger partial charge in [0.15, 0.2) is 0 Å². The average molecular weight is 258 g/mol. The van der Waals surface area contributed by atoms with Gasteiger partial charge in [0.05, 0.1) is 17.7 Å². The lowest BCUT2D eigenvalue weighted by Crippen LogP contribution is -2.18. The molecule has 0 radical (unpaired) electrons. The fraction of sp³-hybridized carbons (Fsp3) is 0.400. The van der Waals surface area contributed by atoms with Gasteiger partial charge in [-0.1, -0.05) is 6.07 Å². The molecule has 0 saturated carbocycles. The summed E-state index contributed by atoms with van der Waals surface area (Å²) in [4.78, 5) is 0. The molecule has 1 N–H and O–H groups in total. The zero-order valence-electron chi connectivity index (χ0n) is 8.58. The van der Waals surface area contributed by atoms with E-state index >= 15 is 0 Å². The maximum absolute atomic E-state index is 12.6. The molecule has 0 aliphatic carbocycles. The van der Waals surface area contributed by atoms with E-state index in [9.17, 15) is 26.3 Å². The van der Waals surface area contributed by atoms with Crippen LogP contribution in [0, 0.1) is 6.92 Å². The first-order valence-electron chi connectivity index (χ1n) is 4.46. The van der Waals surface area contributed by atoms with Crippen LogP contribution in [0.5, 0.6) is 0 Å². The standard InChI is InChI=1S/C10H8F6O/c1-5-2-3-7(9(11,12)13)6(4-17)8(5)10(14,15)16/h2-3,17H,4H2,1H3. The molecule has 7 heteroatoms. The van der Waals surface area contributed by atoms with Crippen LogP contribution in [-0.4, -0.2) is 5.11 Å². The minimum Gasteiger partial charge on any atom is -0.392 e. The van der Waals surface area contributed by atoms with Gasteiger partial charge in [0.2, 0.25) is 0 Å². The van der Waals surface area contributed by atoms with Crippen molar-refractivity contribution in [3.05, 3.63) is 34.4 Å². The molecule has 0 spiro atoms. The minimum absolute atomic E-state index is 0.352. The van der Waals surface area contributed by atoms with Crippen molar-refractivity contribution in [3.63, 3.8) is 0 Å². The third kappa shape index (κ3) is 2.71. The Bertz CT molecular complexity index is 418. The zero-order valence-corrected chi connectivity index (χ0v) is 8.58. The van der Waals surface area contributed by atoms with Crippen molar-refractivity contribution in [3.8, 4) is 0 Å². The second kappa shape index (κ2) is 4.21. The number of aliphatic hydroxyl groups excluding tert-OH is 1. The van der Waals surface area contributed by atoms with Gasteiger partial charge in [-0.2, -0.15) is 26.3 Å². The second-order valence-electron chi connectivity index (χ2n) is 3.44. The quantitative estimate of drug-likeness (QED) is 0.764. The SMILES string of the molecule is Cc1ccc(C(F)(F)F)c(CO)c1C(F)(F)F. The van der Waals surface area contributed by atoms with Gasteiger partial charge in [-0.15, -0.1) is 0 Å². The fourth-order valence-electron chi connectivity index (χ4n) is 1.59. The number of aliphatic hydroxyl groups is 1. The molecular weight excluding hydrogens is 250 g/mol. The molecule has 0 fully saturated rings. The summed E-state index contributed by atoms with van der Waals surface area (Å²) in [5.41, 5.74) is -4.37. The molecule has 0 unspecified atom stereocenters. The van der Waals surface area contributed by atoms with Crippen LogP contribution in [0.4, 0.5) is 26.3 Å². The highest BCUT2D eigenvalue weighted by molar-refractivity contribution is 5.43. The van der Waals surface area contributed by atoms with Crippen molar-refractivity contribution in [1.29, 1.82) is 0 Å². The molecule has 0 saturated heterocycles. The predicted molar refractivity (Wildman–Crippen MR) is 47.1 cm³/mol. The Hall–Kier alpha value is -1.24. The number of alkyl halides is 6. The molecule has 0 heterocycles. The molecular formula is C10H8F6O. The van der Waals surface area contributed by atoms with Crippen molar-refractivity contribution in [1.82, 2.24) is 0 Å². The third-order valence-electron chi connectivity index (χ3n) is 2.27. The lowest BCUT2D eigenvalue weighted by Gasteiger charge is -2.19. The van der Waals surface area contributed by atoms with Crippen molar-refractivity contribution in [2.45, 2.75) is 25.9 Å². The molecule has 1 aromatic carbocycles. The Morgan fingerprint density at radius 3 is 1.88 bits per heavy atom. The van der Waals surface area contributed by atoms with Gasteiger partial charge < -0.3 is 5.11 Å². The van der Waals surface area contributed by atoms with Gasteiger partial charge in [-0.05, 0) is 18.6 Å². The number of benzene rings is 1. The summed E-state index contributed by atoms with van der Waals surface area (Å²) in [6.07, 6.45) is -9.85.